The second kappa shape index (κ2) is 6.06. The van der Waals surface area contributed by atoms with E-state index in [1.54, 1.807) is 11.9 Å². The molecule has 4 heteroatoms. The first kappa shape index (κ1) is 13.9. The summed E-state index contributed by atoms with van der Waals surface area (Å²) < 4.78 is 5.47. The quantitative estimate of drug-likeness (QED) is 0.878. The Morgan fingerprint density at radius 1 is 1.53 bits per heavy atom. The number of benzene rings is 1. The van der Waals surface area contributed by atoms with E-state index < -0.39 is 0 Å². The molecule has 1 unspecified atom stereocenters. The normalized spacial score (nSPS) is 14.7. The minimum atomic E-state index is -0.289. The second-order valence-corrected chi connectivity index (χ2v) is 5.02. The highest BCUT2D eigenvalue weighted by molar-refractivity contribution is 5.78. The van der Waals surface area contributed by atoms with Gasteiger partial charge in [0.2, 0.25) is 5.91 Å². The van der Waals surface area contributed by atoms with Gasteiger partial charge in [-0.1, -0.05) is 19.1 Å². The number of carbonyl (C=O) groups is 1. The summed E-state index contributed by atoms with van der Waals surface area (Å²) in [6.07, 6.45) is 1.60. The molecule has 0 radical (unpaired) electrons. The molecule has 1 N–H and O–H groups in total. The predicted octanol–water partition coefficient (Wildman–Crippen LogP) is 1.60. The molecule has 104 valence electrons. The molecule has 1 aliphatic rings. The zero-order valence-corrected chi connectivity index (χ0v) is 11.6. The molecule has 1 aromatic carbocycles. The Balaban J connectivity index is 2.02. The predicted molar refractivity (Wildman–Crippen MR) is 73.0 cm³/mol. The van der Waals surface area contributed by atoms with Crippen molar-refractivity contribution >= 4 is 5.91 Å². The number of amides is 1. The van der Waals surface area contributed by atoms with Gasteiger partial charge < -0.3 is 14.7 Å². The van der Waals surface area contributed by atoms with Crippen molar-refractivity contribution in [3.63, 3.8) is 0 Å². The molecule has 19 heavy (non-hydrogen) atoms. The number of nitrogens with zero attached hydrogens (tertiary/aromatic N) is 1. The van der Waals surface area contributed by atoms with Crippen LogP contribution in [0.3, 0.4) is 0 Å². The zero-order valence-electron chi connectivity index (χ0n) is 11.6. The Labute approximate surface area is 114 Å². The van der Waals surface area contributed by atoms with Gasteiger partial charge in [0, 0.05) is 20.0 Å². The minimum absolute atomic E-state index is 0.00162. The molecule has 0 saturated heterocycles. The van der Waals surface area contributed by atoms with Crippen molar-refractivity contribution in [2.45, 2.75) is 26.3 Å². The summed E-state index contributed by atoms with van der Waals surface area (Å²) in [5, 5.41) is 9.17. The van der Waals surface area contributed by atoms with Gasteiger partial charge >= 0.3 is 0 Å². The van der Waals surface area contributed by atoms with Crippen LogP contribution in [-0.4, -0.2) is 36.2 Å². The third kappa shape index (κ3) is 3.07. The molecule has 4 nitrogen and oxygen atoms in total. The zero-order chi connectivity index (χ0) is 13.8. The van der Waals surface area contributed by atoms with Crippen LogP contribution in [0, 0.1) is 5.92 Å². The van der Waals surface area contributed by atoms with Gasteiger partial charge in [0.25, 0.3) is 0 Å². The fourth-order valence-electron chi connectivity index (χ4n) is 2.38. The van der Waals surface area contributed by atoms with E-state index >= 15 is 0 Å². The number of hydrogen-bond acceptors (Lipinski definition) is 3. The molecule has 0 saturated carbocycles. The Bertz CT molecular complexity index is 455. The molecule has 1 heterocycles. The summed E-state index contributed by atoms with van der Waals surface area (Å²) in [5.74, 6) is 0.670. The summed E-state index contributed by atoms with van der Waals surface area (Å²) in [7, 11) is 1.78. The molecule has 0 spiro atoms. The molecular weight excluding hydrogens is 242 g/mol. The third-order valence-corrected chi connectivity index (χ3v) is 3.61. The van der Waals surface area contributed by atoms with Gasteiger partial charge in [0.05, 0.1) is 19.1 Å². The van der Waals surface area contributed by atoms with E-state index in [0.29, 0.717) is 13.0 Å². The third-order valence-electron chi connectivity index (χ3n) is 3.61. The van der Waals surface area contributed by atoms with Crippen LogP contribution in [0.4, 0.5) is 0 Å². The van der Waals surface area contributed by atoms with E-state index in [1.807, 2.05) is 19.1 Å². The van der Waals surface area contributed by atoms with Crippen molar-refractivity contribution < 1.29 is 14.6 Å². The summed E-state index contributed by atoms with van der Waals surface area (Å²) in [5.41, 5.74) is 2.32. The lowest BCUT2D eigenvalue weighted by Gasteiger charge is -2.22. The monoisotopic (exact) mass is 263 g/mol. The number of fused-ring (bicyclic) bond motifs is 1. The van der Waals surface area contributed by atoms with E-state index in [1.165, 1.54) is 5.56 Å². The van der Waals surface area contributed by atoms with Gasteiger partial charge in [-0.2, -0.15) is 0 Å². The number of hydrogen-bond donors (Lipinski definition) is 1. The maximum atomic E-state index is 12.1. The second-order valence-electron chi connectivity index (χ2n) is 5.02. The lowest BCUT2D eigenvalue weighted by Crippen LogP contribution is -2.34. The van der Waals surface area contributed by atoms with Gasteiger partial charge in [0.15, 0.2) is 0 Å². The summed E-state index contributed by atoms with van der Waals surface area (Å²) in [6, 6.07) is 6.07. The molecule has 1 atom stereocenters. The van der Waals surface area contributed by atoms with E-state index in [0.717, 1.165) is 24.3 Å². The van der Waals surface area contributed by atoms with Crippen LogP contribution in [0.1, 0.15) is 24.5 Å². The van der Waals surface area contributed by atoms with Crippen molar-refractivity contribution in [2.24, 2.45) is 5.92 Å². The Morgan fingerprint density at radius 2 is 2.32 bits per heavy atom. The van der Waals surface area contributed by atoms with Gasteiger partial charge in [-0.25, -0.2) is 0 Å². The van der Waals surface area contributed by atoms with E-state index in [2.05, 4.69) is 6.07 Å². The Hall–Kier alpha value is -1.55. The Morgan fingerprint density at radius 3 is 3.00 bits per heavy atom. The first-order valence-electron chi connectivity index (χ1n) is 6.76. The van der Waals surface area contributed by atoms with Crippen LogP contribution in [0.15, 0.2) is 18.2 Å². The maximum absolute atomic E-state index is 12.1. The molecule has 0 aliphatic carbocycles. The molecule has 1 aromatic rings. The Kier molecular flexibility index (Phi) is 4.43. The van der Waals surface area contributed by atoms with Crippen molar-refractivity contribution in [1.82, 2.24) is 4.90 Å². The lowest BCUT2D eigenvalue weighted by molar-refractivity contribution is -0.136. The molecule has 0 bridgehead atoms. The number of carbonyl (C=O) groups excluding carboxylic acids is 1. The minimum Gasteiger partial charge on any atom is -0.493 e. The van der Waals surface area contributed by atoms with Gasteiger partial charge in [-0.15, -0.1) is 0 Å². The first-order valence-corrected chi connectivity index (χ1v) is 6.76. The molecular formula is C15H21NO3. The van der Waals surface area contributed by atoms with Crippen molar-refractivity contribution in [1.29, 1.82) is 0 Å². The van der Waals surface area contributed by atoms with Crippen LogP contribution in [-0.2, 0) is 17.8 Å². The van der Waals surface area contributed by atoms with Crippen LogP contribution < -0.4 is 4.74 Å². The standard InChI is InChI=1S/C15H21NO3/c1-3-12(10-17)15(18)16(2)9-11-4-5-14-13(8-11)6-7-19-14/h4-5,8,12,17H,3,6-7,9-10H2,1-2H3. The molecule has 0 aromatic heterocycles. The summed E-state index contributed by atoms with van der Waals surface area (Å²) in [4.78, 5) is 13.8. The van der Waals surface area contributed by atoms with E-state index in [-0.39, 0.29) is 18.4 Å². The fourth-order valence-corrected chi connectivity index (χ4v) is 2.38. The molecule has 1 amide bonds. The molecule has 2 rings (SSSR count). The highest BCUT2D eigenvalue weighted by Gasteiger charge is 2.20. The maximum Gasteiger partial charge on any atom is 0.228 e. The van der Waals surface area contributed by atoms with Crippen LogP contribution in [0.2, 0.25) is 0 Å². The van der Waals surface area contributed by atoms with Crippen molar-refractivity contribution in [3.05, 3.63) is 29.3 Å². The van der Waals surface area contributed by atoms with Crippen LogP contribution >= 0.6 is 0 Å². The summed E-state index contributed by atoms with van der Waals surface area (Å²) in [6.45, 7) is 3.15. The summed E-state index contributed by atoms with van der Waals surface area (Å²) >= 11 is 0. The number of aliphatic hydroxyl groups is 1. The smallest absolute Gasteiger partial charge is 0.228 e. The van der Waals surface area contributed by atoms with E-state index in [9.17, 15) is 9.90 Å². The van der Waals surface area contributed by atoms with Crippen molar-refractivity contribution in [3.8, 4) is 5.75 Å². The number of ether oxygens (including phenoxy) is 1. The molecule has 0 fully saturated rings. The van der Waals surface area contributed by atoms with Gasteiger partial charge in [-0.05, 0) is 23.6 Å². The highest BCUT2D eigenvalue weighted by atomic mass is 16.5. The number of aliphatic hydroxyl groups excluding tert-OH is 1. The highest BCUT2D eigenvalue weighted by Crippen LogP contribution is 2.26. The largest absolute Gasteiger partial charge is 0.493 e. The molecule has 1 aliphatic heterocycles. The van der Waals surface area contributed by atoms with E-state index in [4.69, 9.17) is 4.74 Å². The lowest BCUT2D eigenvalue weighted by atomic mass is 10.1. The fraction of sp³-hybridized carbons (Fsp3) is 0.533. The first-order chi connectivity index (χ1) is 9.15. The van der Waals surface area contributed by atoms with Gasteiger partial charge in [-0.3, -0.25) is 4.79 Å². The van der Waals surface area contributed by atoms with Crippen LogP contribution in [0.25, 0.3) is 0 Å². The van der Waals surface area contributed by atoms with Gasteiger partial charge in [0.1, 0.15) is 5.75 Å². The SMILES string of the molecule is CCC(CO)C(=O)N(C)Cc1ccc2c(c1)CCO2. The number of rotatable bonds is 5. The van der Waals surface area contributed by atoms with Crippen molar-refractivity contribution in [2.75, 3.05) is 20.3 Å². The van der Waals surface area contributed by atoms with Crippen LogP contribution in [0.5, 0.6) is 5.75 Å². The average Bonchev–Trinajstić information content (AvgIpc) is 2.87. The average molecular weight is 263 g/mol. The topological polar surface area (TPSA) is 49.8 Å².